The number of aliphatic hydroxyl groups is 1. The zero-order valence-corrected chi connectivity index (χ0v) is 30.3. The summed E-state index contributed by atoms with van der Waals surface area (Å²) in [5, 5.41) is 10.7. The summed E-state index contributed by atoms with van der Waals surface area (Å²) in [5.41, 5.74) is 4.46. The van der Waals surface area contributed by atoms with Crippen LogP contribution in [0.15, 0.2) is 97.1 Å². The van der Waals surface area contributed by atoms with E-state index in [1.165, 1.54) is 22.3 Å². The Morgan fingerprint density at radius 1 is 0.520 bits per heavy atom. The quantitative estimate of drug-likeness (QED) is 0.107. The maximum atomic E-state index is 10.7. The Morgan fingerprint density at radius 3 is 1.02 bits per heavy atom. The molecule has 0 amide bonds. The molecule has 4 unspecified atom stereocenters. The molecule has 4 aromatic carbocycles. The van der Waals surface area contributed by atoms with Gasteiger partial charge in [0.1, 0.15) is 67.7 Å². The van der Waals surface area contributed by atoms with E-state index in [4.69, 9.17) is 28.4 Å². The molecule has 4 atom stereocenters. The van der Waals surface area contributed by atoms with Crippen LogP contribution in [-0.4, -0.2) is 63.1 Å². The Kier molecular flexibility index (Phi) is 11.1. The third kappa shape index (κ3) is 8.45. The lowest BCUT2D eigenvalue weighted by Gasteiger charge is -2.35. The summed E-state index contributed by atoms with van der Waals surface area (Å²) in [6.45, 7) is 16.6. The molecule has 4 aromatic rings. The molecule has 7 nitrogen and oxygen atoms in total. The highest BCUT2D eigenvalue weighted by Crippen LogP contribution is 2.41. The fourth-order valence-corrected chi connectivity index (χ4v) is 6.40. The molecule has 2 saturated heterocycles. The SMILES string of the molecule is CC(C)C(C)(c1ccc(OCC(O)COc2ccc(C(C)(c3ccc(OCC4CO4)cc3)C(C)C)cc2)cc1)c1ccc(OCC2CO2)cc1. The Hall–Kier alpha value is -4.04. The van der Waals surface area contributed by atoms with Gasteiger partial charge < -0.3 is 33.5 Å². The molecule has 1 N–H and O–H groups in total. The Labute approximate surface area is 297 Å². The zero-order valence-electron chi connectivity index (χ0n) is 30.3. The first kappa shape index (κ1) is 35.8. The number of rotatable bonds is 18. The molecule has 2 heterocycles. The van der Waals surface area contributed by atoms with Gasteiger partial charge in [0.2, 0.25) is 0 Å². The van der Waals surface area contributed by atoms with Crippen molar-refractivity contribution in [2.75, 3.05) is 39.6 Å². The van der Waals surface area contributed by atoms with Gasteiger partial charge in [-0.25, -0.2) is 0 Å². The van der Waals surface area contributed by atoms with Crippen molar-refractivity contribution in [2.24, 2.45) is 11.8 Å². The van der Waals surface area contributed by atoms with Gasteiger partial charge in [0.05, 0.1) is 13.2 Å². The number of ether oxygens (including phenoxy) is 6. The van der Waals surface area contributed by atoms with Crippen molar-refractivity contribution in [1.82, 2.24) is 0 Å². The first-order valence-corrected chi connectivity index (χ1v) is 17.9. The van der Waals surface area contributed by atoms with E-state index in [2.05, 4.69) is 90.1 Å². The van der Waals surface area contributed by atoms with Crippen LogP contribution in [-0.2, 0) is 20.3 Å². The van der Waals surface area contributed by atoms with Crippen LogP contribution >= 0.6 is 0 Å². The second kappa shape index (κ2) is 15.5. The summed E-state index contributed by atoms with van der Waals surface area (Å²) >= 11 is 0. The number of hydrogen-bond donors (Lipinski definition) is 1. The standard InChI is InChI=1S/C43H52O7/c1-29(2)42(5,33-11-19-38(20-12-33)47-25-40-27-49-40)31-7-15-36(16-8-31)45-23-35(44)24-46-37-17-9-32(10-18-37)43(6,30(3)4)34-13-21-39(22-14-34)48-26-41-28-50-41/h7-22,29-30,35,40-41,44H,23-28H2,1-6H3. The lowest BCUT2D eigenvalue weighted by atomic mass is 9.68. The molecule has 0 saturated carbocycles. The summed E-state index contributed by atoms with van der Waals surface area (Å²) < 4.78 is 34.1. The van der Waals surface area contributed by atoms with Crippen molar-refractivity contribution in [3.05, 3.63) is 119 Å². The van der Waals surface area contributed by atoms with Crippen LogP contribution < -0.4 is 18.9 Å². The summed E-state index contributed by atoms with van der Waals surface area (Å²) in [4.78, 5) is 0. The van der Waals surface area contributed by atoms with Crippen LogP contribution in [0, 0.1) is 11.8 Å². The highest BCUT2D eigenvalue weighted by atomic mass is 16.6. The molecule has 2 fully saturated rings. The van der Waals surface area contributed by atoms with Gasteiger partial charge in [-0.2, -0.15) is 0 Å². The fourth-order valence-electron chi connectivity index (χ4n) is 6.40. The first-order chi connectivity index (χ1) is 24.0. The van der Waals surface area contributed by atoms with Crippen LogP contribution in [0.25, 0.3) is 0 Å². The fraction of sp³-hybridized carbons (Fsp3) is 0.442. The average molecular weight is 681 g/mol. The number of aliphatic hydroxyl groups excluding tert-OH is 1. The topological polar surface area (TPSA) is 82.2 Å². The number of hydrogen-bond acceptors (Lipinski definition) is 7. The van der Waals surface area contributed by atoms with E-state index in [0.29, 0.717) is 36.5 Å². The Bertz CT molecular complexity index is 1520. The lowest BCUT2D eigenvalue weighted by molar-refractivity contribution is 0.0626. The van der Waals surface area contributed by atoms with Gasteiger partial charge in [-0.1, -0.05) is 90.1 Å². The third-order valence-corrected chi connectivity index (χ3v) is 10.7. The van der Waals surface area contributed by atoms with Crippen molar-refractivity contribution in [1.29, 1.82) is 0 Å². The van der Waals surface area contributed by atoms with Crippen LogP contribution in [0.2, 0.25) is 0 Å². The molecule has 2 aliphatic rings. The van der Waals surface area contributed by atoms with Crippen LogP contribution in [0.3, 0.4) is 0 Å². The van der Waals surface area contributed by atoms with E-state index in [9.17, 15) is 5.11 Å². The van der Waals surface area contributed by atoms with E-state index < -0.39 is 6.10 Å². The van der Waals surface area contributed by atoms with Crippen molar-refractivity contribution in [3.8, 4) is 23.0 Å². The third-order valence-electron chi connectivity index (χ3n) is 10.7. The largest absolute Gasteiger partial charge is 0.491 e. The second-order valence-corrected chi connectivity index (χ2v) is 14.6. The smallest absolute Gasteiger partial charge is 0.122 e. The number of benzene rings is 4. The van der Waals surface area contributed by atoms with E-state index in [1.54, 1.807) is 0 Å². The molecule has 0 aliphatic carbocycles. The molecule has 0 aromatic heterocycles. The van der Waals surface area contributed by atoms with Crippen molar-refractivity contribution in [3.63, 3.8) is 0 Å². The zero-order chi connectivity index (χ0) is 35.3. The molecule has 0 spiro atoms. The van der Waals surface area contributed by atoms with E-state index in [-0.39, 0.29) is 36.3 Å². The summed E-state index contributed by atoms with van der Waals surface area (Å²) in [7, 11) is 0. The van der Waals surface area contributed by atoms with Gasteiger partial charge in [-0.05, 0) is 82.6 Å². The molecule has 50 heavy (non-hydrogen) atoms. The minimum atomic E-state index is -0.782. The van der Waals surface area contributed by atoms with Gasteiger partial charge in [-0.15, -0.1) is 0 Å². The molecule has 266 valence electrons. The van der Waals surface area contributed by atoms with Gasteiger partial charge in [-0.3, -0.25) is 0 Å². The highest BCUT2D eigenvalue weighted by molar-refractivity contribution is 5.44. The minimum Gasteiger partial charge on any atom is -0.491 e. The minimum absolute atomic E-state index is 0.130. The lowest BCUT2D eigenvalue weighted by Crippen LogP contribution is -2.30. The Balaban J connectivity index is 1.00. The van der Waals surface area contributed by atoms with E-state index in [1.807, 2.05) is 48.5 Å². The Morgan fingerprint density at radius 2 is 0.780 bits per heavy atom. The van der Waals surface area contributed by atoms with Gasteiger partial charge >= 0.3 is 0 Å². The van der Waals surface area contributed by atoms with E-state index in [0.717, 1.165) is 24.7 Å². The van der Waals surface area contributed by atoms with Gasteiger partial charge in [0.25, 0.3) is 0 Å². The van der Waals surface area contributed by atoms with E-state index >= 15 is 0 Å². The molecular formula is C43H52O7. The van der Waals surface area contributed by atoms with Crippen LogP contribution in [0.1, 0.15) is 63.8 Å². The molecule has 6 rings (SSSR count). The van der Waals surface area contributed by atoms with Crippen molar-refractivity contribution >= 4 is 0 Å². The van der Waals surface area contributed by atoms with Crippen LogP contribution in [0.5, 0.6) is 23.0 Å². The summed E-state index contributed by atoms with van der Waals surface area (Å²) in [5.74, 6) is 3.84. The second-order valence-electron chi connectivity index (χ2n) is 14.6. The number of epoxide rings is 2. The predicted molar refractivity (Wildman–Crippen MR) is 196 cm³/mol. The maximum Gasteiger partial charge on any atom is 0.122 e. The molecule has 7 heteroatoms. The molecule has 0 radical (unpaired) electrons. The highest BCUT2D eigenvalue weighted by Gasteiger charge is 2.34. The molecule has 2 aliphatic heterocycles. The van der Waals surface area contributed by atoms with Crippen molar-refractivity contribution in [2.45, 2.75) is 70.7 Å². The van der Waals surface area contributed by atoms with Gasteiger partial charge in [0, 0.05) is 10.8 Å². The van der Waals surface area contributed by atoms with Crippen LogP contribution in [0.4, 0.5) is 0 Å². The van der Waals surface area contributed by atoms with Crippen molar-refractivity contribution < 1.29 is 33.5 Å². The van der Waals surface area contributed by atoms with Gasteiger partial charge in [0.15, 0.2) is 0 Å². The monoisotopic (exact) mass is 680 g/mol. The summed E-state index contributed by atoms with van der Waals surface area (Å²) in [6.07, 6.45) is -0.312. The summed E-state index contributed by atoms with van der Waals surface area (Å²) in [6, 6.07) is 33.2. The molecule has 0 bridgehead atoms. The first-order valence-electron chi connectivity index (χ1n) is 17.9. The molecular weight excluding hydrogens is 628 g/mol. The maximum absolute atomic E-state index is 10.7. The average Bonchev–Trinajstić information content (AvgIpc) is 4.08. The predicted octanol–water partition coefficient (Wildman–Crippen LogP) is 7.98. The normalized spacial score (nSPS) is 19.7.